The molecule has 0 bridgehead atoms. The van der Waals surface area contributed by atoms with E-state index in [1.165, 1.54) is 0 Å². The molecule has 1 aromatic carbocycles. The van der Waals surface area contributed by atoms with E-state index >= 15 is 0 Å². The number of aryl methyl sites for hydroxylation is 1. The molecule has 1 aliphatic rings. The lowest BCUT2D eigenvalue weighted by atomic mass is 9.85. The molecule has 0 aromatic heterocycles. The Hall–Kier alpha value is -0.740. The second-order valence-electron chi connectivity index (χ2n) is 5.57. The van der Waals surface area contributed by atoms with Crippen molar-refractivity contribution in [2.24, 2.45) is 5.92 Å². The SMILES string of the molecule is Cc1ccc(CNC2CCCC(C(F)(F)F)C2)cc1Cl. The molecule has 0 spiro atoms. The fraction of sp³-hybridized carbons (Fsp3) is 0.600. The smallest absolute Gasteiger partial charge is 0.310 e. The third-order valence-corrected chi connectivity index (χ3v) is 4.38. The van der Waals surface area contributed by atoms with E-state index in [1.807, 2.05) is 25.1 Å². The molecule has 5 heteroatoms. The zero-order valence-corrected chi connectivity index (χ0v) is 12.2. The van der Waals surface area contributed by atoms with E-state index in [-0.39, 0.29) is 18.9 Å². The summed E-state index contributed by atoms with van der Waals surface area (Å²) in [6.45, 7) is 2.49. The van der Waals surface area contributed by atoms with Crippen molar-refractivity contribution < 1.29 is 13.2 Å². The van der Waals surface area contributed by atoms with Crippen LogP contribution in [0.25, 0.3) is 0 Å². The largest absolute Gasteiger partial charge is 0.391 e. The van der Waals surface area contributed by atoms with Gasteiger partial charge in [-0.1, -0.05) is 30.2 Å². The predicted molar refractivity (Wildman–Crippen MR) is 74.8 cm³/mol. The summed E-state index contributed by atoms with van der Waals surface area (Å²) in [5, 5.41) is 3.92. The molecule has 2 rings (SSSR count). The predicted octanol–water partition coefficient (Wildman–Crippen LogP) is 4.86. The average molecular weight is 306 g/mol. The van der Waals surface area contributed by atoms with Crippen LogP contribution in [0, 0.1) is 12.8 Å². The highest BCUT2D eigenvalue weighted by atomic mass is 35.5. The van der Waals surface area contributed by atoms with E-state index in [2.05, 4.69) is 5.32 Å². The van der Waals surface area contributed by atoms with E-state index < -0.39 is 12.1 Å². The molecule has 112 valence electrons. The Morgan fingerprint density at radius 1 is 1.30 bits per heavy atom. The molecule has 1 nitrogen and oxygen atoms in total. The standard InChI is InChI=1S/C15H19ClF3N/c1-10-5-6-11(7-14(10)16)9-20-13-4-2-3-12(8-13)15(17,18)19/h5-7,12-13,20H,2-4,8-9H2,1H3. The van der Waals surface area contributed by atoms with Gasteiger partial charge in [0.25, 0.3) is 0 Å². The second-order valence-corrected chi connectivity index (χ2v) is 5.97. The van der Waals surface area contributed by atoms with Gasteiger partial charge < -0.3 is 5.32 Å². The van der Waals surface area contributed by atoms with Crippen LogP contribution in [-0.2, 0) is 6.54 Å². The summed E-state index contributed by atoms with van der Waals surface area (Å²) in [6.07, 6.45) is -2.17. The number of benzene rings is 1. The summed E-state index contributed by atoms with van der Waals surface area (Å²) < 4.78 is 38.2. The van der Waals surface area contributed by atoms with Crippen LogP contribution < -0.4 is 5.32 Å². The first kappa shape index (κ1) is 15.6. The van der Waals surface area contributed by atoms with Crippen LogP contribution in [0.2, 0.25) is 5.02 Å². The number of halogens is 4. The van der Waals surface area contributed by atoms with Gasteiger partial charge in [0.1, 0.15) is 0 Å². The van der Waals surface area contributed by atoms with Gasteiger partial charge in [0, 0.05) is 17.6 Å². The van der Waals surface area contributed by atoms with E-state index in [1.54, 1.807) is 0 Å². The summed E-state index contributed by atoms with van der Waals surface area (Å²) in [6, 6.07) is 5.70. The number of hydrogen-bond acceptors (Lipinski definition) is 1. The maximum Gasteiger partial charge on any atom is 0.391 e. The summed E-state index contributed by atoms with van der Waals surface area (Å²) in [4.78, 5) is 0. The number of nitrogens with one attached hydrogen (secondary N) is 1. The third kappa shape index (κ3) is 4.13. The Morgan fingerprint density at radius 2 is 2.05 bits per heavy atom. The molecule has 1 aromatic rings. The first-order valence-electron chi connectivity index (χ1n) is 6.91. The maximum absolute atomic E-state index is 12.7. The Bertz CT molecular complexity index is 459. The molecule has 1 fully saturated rings. The molecule has 20 heavy (non-hydrogen) atoms. The van der Waals surface area contributed by atoms with Gasteiger partial charge in [0.05, 0.1) is 5.92 Å². The molecule has 2 unspecified atom stereocenters. The van der Waals surface area contributed by atoms with Gasteiger partial charge in [-0.25, -0.2) is 0 Å². The Kier molecular flexibility index (Phi) is 4.97. The Morgan fingerprint density at radius 3 is 2.70 bits per heavy atom. The second kappa shape index (κ2) is 6.35. The summed E-state index contributed by atoms with van der Waals surface area (Å²) in [5.74, 6) is -1.16. The minimum absolute atomic E-state index is 0.0598. The van der Waals surface area contributed by atoms with Gasteiger partial charge in [-0.05, 0) is 43.4 Å². The van der Waals surface area contributed by atoms with Gasteiger partial charge >= 0.3 is 6.18 Å². The van der Waals surface area contributed by atoms with Crippen molar-refractivity contribution in [1.82, 2.24) is 5.32 Å². The van der Waals surface area contributed by atoms with Crippen molar-refractivity contribution in [2.45, 2.75) is 51.4 Å². The van der Waals surface area contributed by atoms with Crippen molar-refractivity contribution in [1.29, 1.82) is 0 Å². The summed E-state index contributed by atoms with van der Waals surface area (Å²) in [7, 11) is 0. The third-order valence-electron chi connectivity index (χ3n) is 3.97. The van der Waals surface area contributed by atoms with Crippen LogP contribution in [0.15, 0.2) is 18.2 Å². The van der Waals surface area contributed by atoms with Gasteiger partial charge in [-0.15, -0.1) is 0 Å². The topological polar surface area (TPSA) is 12.0 Å². The molecule has 0 saturated heterocycles. The minimum Gasteiger partial charge on any atom is -0.310 e. The lowest BCUT2D eigenvalue weighted by Gasteiger charge is -2.31. The van der Waals surface area contributed by atoms with Crippen LogP contribution >= 0.6 is 11.6 Å². The van der Waals surface area contributed by atoms with Gasteiger partial charge in [0.2, 0.25) is 0 Å². The van der Waals surface area contributed by atoms with Crippen molar-refractivity contribution in [3.63, 3.8) is 0 Å². The normalized spacial score (nSPS) is 23.9. The van der Waals surface area contributed by atoms with Crippen LogP contribution in [0.3, 0.4) is 0 Å². The molecule has 0 heterocycles. The van der Waals surface area contributed by atoms with Crippen molar-refractivity contribution >= 4 is 11.6 Å². The Labute approximate surface area is 122 Å². The van der Waals surface area contributed by atoms with Crippen molar-refractivity contribution in [3.05, 3.63) is 34.3 Å². The number of hydrogen-bond donors (Lipinski definition) is 1. The van der Waals surface area contributed by atoms with Crippen LogP contribution in [0.5, 0.6) is 0 Å². The summed E-state index contributed by atoms with van der Waals surface area (Å²) in [5.41, 5.74) is 2.01. The van der Waals surface area contributed by atoms with Gasteiger partial charge in [0.15, 0.2) is 0 Å². The van der Waals surface area contributed by atoms with E-state index in [0.717, 1.165) is 17.5 Å². The number of alkyl halides is 3. The zero-order chi connectivity index (χ0) is 14.8. The molecular formula is C15H19ClF3N. The van der Waals surface area contributed by atoms with Crippen LogP contribution in [0.1, 0.15) is 36.8 Å². The molecule has 1 saturated carbocycles. The lowest BCUT2D eigenvalue weighted by molar-refractivity contribution is -0.183. The van der Waals surface area contributed by atoms with E-state index in [0.29, 0.717) is 18.0 Å². The highest BCUT2D eigenvalue weighted by molar-refractivity contribution is 6.31. The van der Waals surface area contributed by atoms with E-state index in [4.69, 9.17) is 11.6 Å². The minimum atomic E-state index is -4.06. The molecule has 0 aliphatic heterocycles. The van der Waals surface area contributed by atoms with E-state index in [9.17, 15) is 13.2 Å². The monoisotopic (exact) mass is 305 g/mol. The summed E-state index contributed by atoms with van der Waals surface area (Å²) >= 11 is 6.04. The Balaban J connectivity index is 1.88. The number of rotatable bonds is 3. The molecule has 2 atom stereocenters. The van der Waals surface area contributed by atoms with Gasteiger partial charge in [-0.3, -0.25) is 0 Å². The molecule has 1 N–H and O–H groups in total. The lowest BCUT2D eigenvalue weighted by Crippen LogP contribution is -2.38. The molecule has 0 radical (unpaired) electrons. The maximum atomic E-state index is 12.7. The van der Waals surface area contributed by atoms with Crippen LogP contribution in [0.4, 0.5) is 13.2 Å². The highest BCUT2D eigenvalue weighted by Gasteiger charge is 2.41. The fourth-order valence-corrected chi connectivity index (χ4v) is 2.88. The first-order valence-corrected chi connectivity index (χ1v) is 7.29. The van der Waals surface area contributed by atoms with Crippen LogP contribution in [-0.4, -0.2) is 12.2 Å². The molecule has 0 amide bonds. The zero-order valence-electron chi connectivity index (χ0n) is 11.4. The molecular weight excluding hydrogens is 287 g/mol. The average Bonchev–Trinajstić information content (AvgIpc) is 2.39. The van der Waals surface area contributed by atoms with Gasteiger partial charge in [-0.2, -0.15) is 13.2 Å². The highest BCUT2D eigenvalue weighted by Crippen LogP contribution is 2.37. The quantitative estimate of drug-likeness (QED) is 0.841. The van der Waals surface area contributed by atoms with Crippen molar-refractivity contribution in [3.8, 4) is 0 Å². The molecule has 1 aliphatic carbocycles. The fourth-order valence-electron chi connectivity index (χ4n) is 2.68. The van der Waals surface area contributed by atoms with Crippen molar-refractivity contribution in [2.75, 3.05) is 0 Å². The first-order chi connectivity index (χ1) is 9.36.